The topological polar surface area (TPSA) is 12.4 Å². The van der Waals surface area contributed by atoms with Crippen LogP contribution in [0.25, 0.3) is 0 Å². The third kappa shape index (κ3) is 3.78. The van der Waals surface area contributed by atoms with Gasteiger partial charge in [-0.1, -0.05) is 29.7 Å². The molecule has 0 unspecified atom stereocenters. The Labute approximate surface area is 83.5 Å². The highest BCUT2D eigenvalue weighted by atomic mass is 35.5. The van der Waals surface area contributed by atoms with Gasteiger partial charge >= 0.3 is 0 Å². The Balaban J connectivity index is 2.61. The maximum absolute atomic E-state index is 5.80. The molecule has 13 heavy (non-hydrogen) atoms. The van der Waals surface area contributed by atoms with E-state index in [-0.39, 0.29) is 0 Å². The van der Waals surface area contributed by atoms with Crippen LogP contribution in [0.1, 0.15) is 12.5 Å². The second-order valence-corrected chi connectivity index (χ2v) is 2.89. The molecule has 0 aromatic heterocycles. The molecule has 0 N–H and O–H groups in total. The van der Waals surface area contributed by atoms with Crippen LogP contribution in [-0.2, 0) is 0 Å². The van der Waals surface area contributed by atoms with Crippen molar-refractivity contribution in [3.05, 3.63) is 34.9 Å². The summed E-state index contributed by atoms with van der Waals surface area (Å²) in [6, 6.07) is 7.55. The van der Waals surface area contributed by atoms with Crippen LogP contribution in [0, 0.1) is 11.8 Å². The molecule has 0 bridgehead atoms. The van der Waals surface area contributed by atoms with Gasteiger partial charge in [0.05, 0.1) is 6.54 Å². The van der Waals surface area contributed by atoms with E-state index in [9.17, 15) is 0 Å². The predicted molar refractivity (Wildman–Crippen MR) is 57.4 cm³/mol. The van der Waals surface area contributed by atoms with Crippen LogP contribution in [0.3, 0.4) is 0 Å². The SMILES string of the molecule is CC#CC/N=C/c1cccc(Cl)c1. The number of benzene rings is 1. The van der Waals surface area contributed by atoms with Gasteiger partial charge < -0.3 is 0 Å². The van der Waals surface area contributed by atoms with E-state index in [2.05, 4.69) is 16.8 Å². The number of nitrogens with zero attached hydrogens (tertiary/aromatic N) is 1. The number of rotatable bonds is 2. The molecule has 1 aromatic rings. The summed E-state index contributed by atoms with van der Waals surface area (Å²) in [5.41, 5.74) is 1.01. The first-order valence-corrected chi connectivity index (χ1v) is 4.35. The predicted octanol–water partition coefficient (Wildman–Crippen LogP) is 2.78. The molecule has 1 rings (SSSR count). The highest BCUT2D eigenvalue weighted by Crippen LogP contribution is 2.08. The minimum atomic E-state index is 0.545. The second kappa shape index (κ2) is 5.40. The van der Waals surface area contributed by atoms with E-state index < -0.39 is 0 Å². The van der Waals surface area contributed by atoms with Gasteiger partial charge in [0.1, 0.15) is 0 Å². The van der Waals surface area contributed by atoms with E-state index in [1.165, 1.54) is 0 Å². The van der Waals surface area contributed by atoms with E-state index in [1.807, 2.05) is 24.3 Å². The summed E-state index contributed by atoms with van der Waals surface area (Å²) in [6.07, 6.45) is 1.77. The Kier molecular flexibility index (Phi) is 4.08. The molecular formula is C11H10ClN. The Morgan fingerprint density at radius 2 is 2.38 bits per heavy atom. The summed E-state index contributed by atoms with van der Waals surface area (Å²) in [5.74, 6) is 5.63. The fraction of sp³-hybridized carbons (Fsp3) is 0.182. The van der Waals surface area contributed by atoms with Crippen LogP contribution < -0.4 is 0 Å². The first-order chi connectivity index (χ1) is 6.33. The van der Waals surface area contributed by atoms with Crippen molar-refractivity contribution in [3.8, 4) is 11.8 Å². The highest BCUT2D eigenvalue weighted by Gasteiger charge is 1.87. The van der Waals surface area contributed by atoms with Gasteiger partial charge in [-0.2, -0.15) is 0 Å². The van der Waals surface area contributed by atoms with E-state index in [1.54, 1.807) is 13.1 Å². The van der Waals surface area contributed by atoms with Crippen LogP contribution in [-0.4, -0.2) is 12.8 Å². The zero-order valence-electron chi connectivity index (χ0n) is 7.42. The van der Waals surface area contributed by atoms with Gasteiger partial charge in [-0.05, 0) is 24.6 Å². The summed E-state index contributed by atoms with van der Waals surface area (Å²) in [4.78, 5) is 4.12. The van der Waals surface area contributed by atoms with Gasteiger partial charge in [0.25, 0.3) is 0 Å². The number of aliphatic imine (C=N–C) groups is 1. The minimum Gasteiger partial charge on any atom is -0.280 e. The molecule has 0 amide bonds. The molecule has 0 fully saturated rings. The fourth-order valence-electron chi connectivity index (χ4n) is 0.863. The summed E-state index contributed by atoms with van der Waals surface area (Å²) in [5, 5.41) is 0.727. The van der Waals surface area contributed by atoms with Crippen molar-refractivity contribution in [2.24, 2.45) is 4.99 Å². The van der Waals surface area contributed by atoms with Crippen molar-refractivity contribution in [1.82, 2.24) is 0 Å². The van der Waals surface area contributed by atoms with Crippen molar-refractivity contribution < 1.29 is 0 Å². The lowest BCUT2D eigenvalue weighted by Gasteiger charge is -1.91. The normalized spacial score (nSPS) is 9.69. The molecule has 0 aliphatic heterocycles. The lowest BCUT2D eigenvalue weighted by molar-refractivity contribution is 1.30. The molecule has 0 aliphatic rings. The smallest absolute Gasteiger partial charge is 0.0997 e. The largest absolute Gasteiger partial charge is 0.280 e. The average Bonchev–Trinajstić information content (AvgIpc) is 2.13. The standard InChI is InChI=1S/C11H10ClN/c1-2-3-7-13-9-10-5-4-6-11(12)8-10/h4-6,8-9H,7H2,1H3/b13-9+. The Morgan fingerprint density at radius 3 is 3.08 bits per heavy atom. The summed E-state index contributed by atoms with van der Waals surface area (Å²) in [6.45, 7) is 2.35. The van der Waals surface area contributed by atoms with Gasteiger partial charge in [-0.15, -0.1) is 5.92 Å². The zero-order chi connectivity index (χ0) is 9.52. The molecule has 0 spiro atoms. The molecule has 2 heteroatoms. The second-order valence-electron chi connectivity index (χ2n) is 2.45. The third-order valence-corrected chi connectivity index (χ3v) is 1.67. The van der Waals surface area contributed by atoms with Gasteiger partial charge in [-0.25, -0.2) is 0 Å². The van der Waals surface area contributed by atoms with Crippen LogP contribution in [0.4, 0.5) is 0 Å². The Hall–Kier alpha value is -1.26. The maximum Gasteiger partial charge on any atom is 0.0997 e. The van der Waals surface area contributed by atoms with Gasteiger partial charge in [0.15, 0.2) is 0 Å². The molecule has 0 saturated heterocycles. The number of halogens is 1. The number of hydrogen-bond donors (Lipinski definition) is 0. The summed E-state index contributed by atoms with van der Waals surface area (Å²) >= 11 is 5.80. The average molecular weight is 192 g/mol. The van der Waals surface area contributed by atoms with Crippen molar-refractivity contribution in [1.29, 1.82) is 0 Å². The van der Waals surface area contributed by atoms with Crippen LogP contribution in [0.2, 0.25) is 5.02 Å². The summed E-state index contributed by atoms with van der Waals surface area (Å²) < 4.78 is 0. The molecule has 1 aromatic carbocycles. The van der Waals surface area contributed by atoms with Gasteiger partial charge in [-0.3, -0.25) is 4.99 Å². The third-order valence-electron chi connectivity index (χ3n) is 1.44. The lowest BCUT2D eigenvalue weighted by atomic mass is 10.2. The fourth-order valence-corrected chi connectivity index (χ4v) is 1.06. The zero-order valence-corrected chi connectivity index (χ0v) is 8.17. The molecule has 0 saturated carbocycles. The summed E-state index contributed by atoms with van der Waals surface area (Å²) in [7, 11) is 0. The van der Waals surface area contributed by atoms with Crippen molar-refractivity contribution in [3.63, 3.8) is 0 Å². The lowest BCUT2D eigenvalue weighted by Crippen LogP contribution is -1.81. The molecular weight excluding hydrogens is 182 g/mol. The van der Waals surface area contributed by atoms with E-state index in [0.717, 1.165) is 10.6 Å². The van der Waals surface area contributed by atoms with E-state index in [0.29, 0.717) is 6.54 Å². The first kappa shape index (κ1) is 9.83. The van der Waals surface area contributed by atoms with Crippen LogP contribution in [0.5, 0.6) is 0 Å². The molecule has 66 valence electrons. The van der Waals surface area contributed by atoms with Gasteiger partial charge in [0.2, 0.25) is 0 Å². The van der Waals surface area contributed by atoms with E-state index >= 15 is 0 Å². The first-order valence-electron chi connectivity index (χ1n) is 3.98. The number of hydrogen-bond acceptors (Lipinski definition) is 1. The van der Waals surface area contributed by atoms with Crippen molar-refractivity contribution in [2.45, 2.75) is 6.92 Å². The van der Waals surface area contributed by atoms with Gasteiger partial charge in [0, 0.05) is 11.2 Å². The molecule has 1 nitrogen and oxygen atoms in total. The molecule has 0 aliphatic carbocycles. The van der Waals surface area contributed by atoms with E-state index in [4.69, 9.17) is 11.6 Å². The van der Waals surface area contributed by atoms with Crippen molar-refractivity contribution in [2.75, 3.05) is 6.54 Å². The minimum absolute atomic E-state index is 0.545. The molecule has 0 heterocycles. The van der Waals surface area contributed by atoms with Crippen molar-refractivity contribution >= 4 is 17.8 Å². The Bertz CT molecular complexity index is 358. The monoisotopic (exact) mass is 191 g/mol. The Morgan fingerprint density at radius 1 is 1.54 bits per heavy atom. The maximum atomic E-state index is 5.80. The molecule has 0 atom stereocenters. The highest BCUT2D eigenvalue weighted by molar-refractivity contribution is 6.30. The molecule has 0 radical (unpaired) electrons. The van der Waals surface area contributed by atoms with Crippen LogP contribution in [0.15, 0.2) is 29.3 Å². The quantitative estimate of drug-likeness (QED) is 0.504. The van der Waals surface area contributed by atoms with Crippen LogP contribution >= 0.6 is 11.6 Å².